The predicted molar refractivity (Wildman–Crippen MR) is 82.7 cm³/mol. The van der Waals surface area contributed by atoms with E-state index in [0.717, 1.165) is 29.1 Å². The molecule has 1 amide bonds. The minimum atomic E-state index is -4.51. The molecule has 1 aromatic heterocycles. The first-order valence-electron chi connectivity index (χ1n) is 6.60. The number of hydrogen-bond acceptors (Lipinski definition) is 1. The second-order valence-corrected chi connectivity index (χ2v) is 5.32. The fourth-order valence-electron chi connectivity index (χ4n) is 2.18. The largest absolute Gasteiger partial charge is 0.416 e. The van der Waals surface area contributed by atoms with Crippen LogP contribution in [0.25, 0.3) is 10.9 Å². The summed E-state index contributed by atoms with van der Waals surface area (Å²) < 4.78 is 38.2. The molecule has 0 spiro atoms. The molecule has 7 heteroatoms. The molecule has 3 rings (SSSR count). The van der Waals surface area contributed by atoms with Gasteiger partial charge in [-0.3, -0.25) is 4.79 Å². The highest BCUT2D eigenvalue weighted by Crippen LogP contribution is 2.34. The van der Waals surface area contributed by atoms with Crippen LogP contribution in [0.5, 0.6) is 0 Å². The number of rotatable bonds is 2. The number of nitrogens with one attached hydrogen (secondary N) is 2. The third kappa shape index (κ3) is 3.17. The van der Waals surface area contributed by atoms with E-state index in [2.05, 4.69) is 10.3 Å². The molecule has 0 bridgehead atoms. The summed E-state index contributed by atoms with van der Waals surface area (Å²) in [6.45, 7) is 0. The maximum Gasteiger partial charge on any atom is 0.416 e. The molecular formula is C16H10ClF3N2O. The number of fused-ring (bicyclic) bond motifs is 1. The standard InChI is InChI=1S/C16H10ClF3N2O/c17-11-6-5-10(16(18,19)20)8-13(11)22-15(23)14-7-9-3-1-2-4-12(9)21-14/h1-8,21H,(H,22,23). The number of carbonyl (C=O) groups excluding carboxylic acids is 1. The number of amides is 1. The van der Waals surface area contributed by atoms with Crippen LogP contribution in [0.3, 0.4) is 0 Å². The number of H-pyrrole nitrogens is 1. The zero-order chi connectivity index (χ0) is 16.6. The number of aromatic amines is 1. The lowest BCUT2D eigenvalue weighted by molar-refractivity contribution is -0.137. The average Bonchev–Trinajstić information content (AvgIpc) is 2.92. The first-order valence-corrected chi connectivity index (χ1v) is 6.98. The van der Waals surface area contributed by atoms with E-state index in [1.54, 1.807) is 12.1 Å². The minimum absolute atomic E-state index is 0.0301. The van der Waals surface area contributed by atoms with Gasteiger partial charge in [0.15, 0.2) is 0 Å². The van der Waals surface area contributed by atoms with Gasteiger partial charge in [0.1, 0.15) is 5.69 Å². The van der Waals surface area contributed by atoms with E-state index in [0.29, 0.717) is 0 Å². The van der Waals surface area contributed by atoms with E-state index in [1.807, 2.05) is 18.2 Å². The number of para-hydroxylation sites is 1. The van der Waals surface area contributed by atoms with Crippen LogP contribution in [0.2, 0.25) is 5.02 Å². The fourth-order valence-corrected chi connectivity index (χ4v) is 2.35. The van der Waals surface area contributed by atoms with Crippen molar-refractivity contribution in [1.29, 1.82) is 0 Å². The third-order valence-electron chi connectivity index (χ3n) is 3.32. The Balaban J connectivity index is 1.90. The molecule has 3 aromatic rings. The van der Waals surface area contributed by atoms with Crippen molar-refractivity contribution in [2.75, 3.05) is 5.32 Å². The summed E-state index contributed by atoms with van der Waals surface area (Å²) in [6, 6.07) is 11.6. The lowest BCUT2D eigenvalue weighted by Gasteiger charge is -2.11. The van der Waals surface area contributed by atoms with E-state index in [1.165, 1.54) is 0 Å². The molecule has 0 aliphatic heterocycles. The zero-order valence-corrected chi connectivity index (χ0v) is 12.3. The van der Waals surface area contributed by atoms with Crippen LogP contribution in [0.1, 0.15) is 16.1 Å². The maximum absolute atomic E-state index is 12.7. The highest BCUT2D eigenvalue weighted by Gasteiger charge is 2.31. The van der Waals surface area contributed by atoms with Gasteiger partial charge in [0.25, 0.3) is 5.91 Å². The zero-order valence-electron chi connectivity index (χ0n) is 11.5. The van der Waals surface area contributed by atoms with Crippen molar-refractivity contribution < 1.29 is 18.0 Å². The van der Waals surface area contributed by atoms with Crippen LogP contribution in [0, 0.1) is 0 Å². The van der Waals surface area contributed by atoms with Crippen LogP contribution in [0.4, 0.5) is 18.9 Å². The smallest absolute Gasteiger partial charge is 0.351 e. The van der Waals surface area contributed by atoms with Gasteiger partial charge in [-0.15, -0.1) is 0 Å². The Morgan fingerprint density at radius 2 is 1.83 bits per heavy atom. The lowest BCUT2D eigenvalue weighted by Crippen LogP contribution is -2.14. The highest BCUT2D eigenvalue weighted by atomic mass is 35.5. The molecule has 23 heavy (non-hydrogen) atoms. The quantitative estimate of drug-likeness (QED) is 0.671. The first-order chi connectivity index (χ1) is 10.8. The minimum Gasteiger partial charge on any atom is -0.351 e. The van der Waals surface area contributed by atoms with Crippen LogP contribution in [-0.2, 0) is 6.18 Å². The van der Waals surface area contributed by atoms with Gasteiger partial charge in [0.05, 0.1) is 16.3 Å². The topological polar surface area (TPSA) is 44.9 Å². The Kier molecular flexibility index (Phi) is 3.77. The average molecular weight is 339 g/mol. The molecule has 2 aromatic carbocycles. The molecule has 0 radical (unpaired) electrons. The normalized spacial score (nSPS) is 11.7. The monoisotopic (exact) mass is 338 g/mol. The Labute approximate surface area is 134 Å². The molecule has 118 valence electrons. The van der Waals surface area contributed by atoms with Gasteiger partial charge < -0.3 is 10.3 Å². The van der Waals surface area contributed by atoms with E-state index >= 15 is 0 Å². The molecule has 0 saturated carbocycles. The summed E-state index contributed by atoms with van der Waals surface area (Å²) >= 11 is 5.86. The first kappa shape index (κ1) is 15.4. The predicted octanol–water partition coefficient (Wildman–Crippen LogP) is 5.09. The van der Waals surface area contributed by atoms with Gasteiger partial charge in [-0.05, 0) is 30.3 Å². The van der Waals surface area contributed by atoms with Gasteiger partial charge in [-0.2, -0.15) is 13.2 Å². The van der Waals surface area contributed by atoms with Crippen LogP contribution >= 0.6 is 11.6 Å². The van der Waals surface area contributed by atoms with Crippen LogP contribution < -0.4 is 5.32 Å². The Morgan fingerprint density at radius 1 is 1.09 bits per heavy atom. The Bertz CT molecular complexity index is 853. The van der Waals surface area contributed by atoms with E-state index in [4.69, 9.17) is 11.6 Å². The van der Waals surface area contributed by atoms with Gasteiger partial charge in [0.2, 0.25) is 0 Å². The van der Waals surface area contributed by atoms with Crippen molar-refractivity contribution >= 4 is 34.1 Å². The highest BCUT2D eigenvalue weighted by molar-refractivity contribution is 6.34. The molecule has 0 aliphatic rings. The summed E-state index contributed by atoms with van der Waals surface area (Å²) in [5.41, 5.74) is 0.0199. The number of carbonyl (C=O) groups is 1. The van der Waals surface area contributed by atoms with E-state index in [9.17, 15) is 18.0 Å². The molecule has 0 saturated heterocycles. The summed E-state index contributed by atoms with van der Waals surface area (Å²) in [4.78, 5) is 15.1. The molecule has 3 nitrogen and oxygen atoms in total. The summed E-state index contributed by atoms with van der Waals surface area (Å²) in [5.74, 6) is -0.567. The van der Waals surface area contributed by atoms with E-state index in [-0.39, 0.29) is 16.4 Å². The van der Waals surface area contributed by atoms with Crippen molar-refractivity contribution in [3.05, 3.63) is 64.8 Å². The van der Waals surface area contributed by atoms with Gasteiger partial charge >= 0.3 is 6.18 Å². The third-order valence-corrected chi connectivity index (χ3v) is 3.65. The Hall–Kier alpha value is -2.47. The van der Waals surface area contributed by atoms with Crippen molar-refractivity contribution in [3.8, 4) is 0 Å². The molecule has 0 atom stereocenters. The SMILES string of the molecule is O=C(Nc1cc(C(F)(F)F)ccc1Cl)c1cc2ccccc2[nH]1. The molecule has 0 fully saturated rings. The molecule has 1 heterocycles. The van der Waals surface area contributed by atoms with Crippen LogP contribution in [0.15, 0.2) is 48.5 Å². The number of aromatic nitrogens is 1. The summed E-state index contributed by atoms with van der Waals surface area (Å²) in [5, 5.41) is 3.25. The van der Waals surface area contributed by atoms with Gasteiger partial charge in [0, 0.05) is 10.9 Å². The Morgan fingerprint density at radius 3 is 2.52 bits per heavy atom. The number of anilines is 1. The molecule has 2 N–H and O–H groups in total. The van der Waals surface area contributed by atoms with Crippen molar-refractivity contribution in [1.82, 2.24) is 4.98 Å². The fraction of sp³-hybridized carbons (Fsp3) is 0.0625. The molecular weight excluding hydrogens is 329 g/mol. The van der Waals surface area contributed by atoms with Gasteiger partial charge in [-0.25, -0.2) is 0 Å². The number of benzene rings is 2. The number of alkyl halides is 3. The van der Waals surface area contributed by atoms with Crippen LogP contribution in [-0.4, -0.2) is 10.9 Å². The second kappa shape index (κ2) is 5.62. The number of halogens is 4. The lowest BCUT2D eigenvalue weighted by atomic mass is 10.2. The van der Waals surface area contributed by atoms with Crippen molar-refractivity contribution in [2.24, 2.45) is 0 Å². The summed E-state index contributed by atoms with van der Waals surface area (Å²) in [7, 11) is 0. The van der Waals surface area contributed by atoms with Crippen molar-refractivity contribution in [3.63, 3.8) is 0 Å². The summed E-state index contributed by atoms with van der Waals surface area (Å²) in [6.07, 6.45) is -4.51. The van der Waals surface area contributed by atoms with E-state index < -0.39 is 17.6 Å². The maximum atomic E-state index is 12.7. The van der Waals surface area contributed by atoms with Gasteiger partial charge in [-0.1, -0.05) is 29.8 Å². The second-order valence-electron chi connectivity index (χ2n) is 4.92. The van der Waals surface area contributed by atoms with Crippen molar-refractivity contribution in [2.45, 2.75) is 6.18 Å². The molecule has 0 aliphatic carbocycles. The molecule has 0 unspecified atom stereocenters. The number of hydrogen-bond donors (Lipinski definition) is 2.